The van der Waals surface area contributed by atoms with Gasteiger partial charge in [0.05, 0.1) is 6.20 Å². The van der Waals surface area contributed by atoms with Crippen LogP contribution in [0.3, 0.4) is 0 Å². The Hall–Kier alpha value is -2.60. The van der Waals surface area contributed by atoms with Crippen molar-refractivity contribution in [3.8, 4) is 5.75 Å². The Morgan fingerprint density at radius 1 is 1.19 bits per heavy atom. The first kappa shape index (κ1) is 26.5. The fourth-order valence-electron chi connectivity index (χ4n) is 5.09. The second-order valence-electron chi connectivity index (χ2n) is 9.42. The quantitative estimate of drug-likeness (QED) is 0.377. The number of amides is 1. The molecule has 0 N–H and O–H groups in total. The average molecular weight is 530 g/mol. The molecule has 36 heavy (non-hydrogen) atoms. The molecule has 1 amide bonds. The fraction of sp³-hybridized carbons (Fsp3) is 0.583. The van der Waals surface area contributed by atoms with Crippen molar-refractivity contribution < 1.29 is 35.1 Å². The highest BCUT2D eigenvalue weighted by molar-refractivity contribution is 7.88. The molecule has 4 rings (SSSR count). The molecule has 8 nitrogen and oxygen atoms in total. The molecule has 1 saturated heterocycles. The summed E-state index contributed by atoms with van der Waals surface area (Å²) in [5.41, 5.74) is -3.66. The van der Waals surface area contributed by atoms with E-state index in [1.165, 1.54) is 18.3 Å². The molecule has 1 aliphatic heterocycles. The lowest BCUT2D eigenvalue weighted by Gasteiger charge is -2.39. The number of aryl methyl sites for hydroxylation is 1. The minimum absolute atomic E-state index is 0.147. The molecule has 198 valence electrons. The third kappa shape index (κ3) is 6.03. The van der Waals surface area contributed by atoms with Crippen LogP contribution in [0.15, 0.2) is 35.0 Å². The minimum Gasteiger partial charge on any atom is -0.376 e. The highest BCUT2D eigenvalue weighted by Gasteiger charge is 2.48. The molecule has 2 aromatic rings. The standard InChI is InChI=1S/C24H30F3N3O5S/c1-2-11-30(16-17-8-12-29(13-9-17)23(31)22-7-10-28-34-22)20-5-3-18-4-6-21(15-19(18)14-20)35-36(32,33)24(25,26)27/h4,6-7,10,15,17,20H,2-3,5,8-9,11-14,16H2,1H3. The van der Waals surface area contributed by atoms with E-state index in [0.717, 1.165) is 56.3 Å². The van der Waals surface area contributed by atoms with E-state index >= 15 is 0 Å². The van der Waals surface area contributed by atoms with Gasteiger partial charge in [-0.05, 0) is 74.2 Å². The van der Waals surface area contributed by atoms with Crippen molar-refractivity contribution in [1.29, 1.82) is 0 Å². The van der Waals surface area contributed by atoms with Gasteiger partial charge in [-0.15, -0.1) is 0 Å². The van der Waals surface area contributed by atoms with Crippen molar-refractivity contribution >= 4 is 16.0 Å². The van der Waals surface area contributed by atoms with Crippen molar-refractivity contribution in [2.24, 2.45) is 5.92 Å². The predicted molar refractivity (Wildman–Crippen MR) is 125 cm³/mol. The maximum absolute atomic E-state index is 12.7. The third-order valence-corrected chi connectivity index (χ3v) is 7.92. The van der Waals surface area contributed by atoms with Gasteiger partial charge < -0.3 is 13.6 Å². The lowest BCUT2D eigenvalue weighted by molar-refractivity contribution is -0.0500. The maximum Gasteiger partial charge on any atom is 0.534 e. The second-order valence-corrected chi connectivity index (χ2v) is 11.0. The van der Waals surface area contributed by atoms with Gasteiger partial charge >= 0.3 is 15.6 Å². The van der Waals surface area contributed by atoms with E-state index in [1.807, 2.05) is 0 Å². The Morgan fingerprint density at radius 3 is 2.58 bits per heavy atom. The van der Waals surface area contributed by atoms with Gasteiger partial charge in [0.1, 0.15) is 5.75 Å². The van der Waals surface area contributed by atoms with E-state index in [4.69, 9.17) is 4.52 Å². The Balaban J connectivity index is 1.38. The molecule has 1 fully saturated rings. The van der Waals surface area contributed by atoms with Gasteiger partial charge in [-0.2, -0.15) is 21.6 Å². The zero-order chi connectivity index (χ0) is 25.9. The largest absolute Gasteiger partial charge is 0.534 e. The van der Waals surface area contributed by atoms with Crippen LogP contribution in [0.2, 0.25) is 0 Å². The molecule has 1 aromatic heterocycles. The number of benzene rings is 1. The van der Waals surface area contributed by atoms with E-state index in [-0.39, 0.29) is 23.5 Å². The molecular weight excluding hydrogens is 499 g/mol. The molecule has 1 unspecified atom stereocenters. The first-order chi connectivity index (χ1) is 17.1. The monoisotopic (exact) mass is 529 g/mol. The first-order valence-corrected chi connectivity index (χ1v) is 13.5. The first-order valence-electron chi connectivity index (χ1n) is 12.1. The van der Waals surface area contributed by atoms with Crippen LogP contribution in [0.1, 0.15) is 54.3 Å². The number of alkyl halides is 3. The predicted octanol–water partition coefficient (Wildman–Crippen LogP) is 4.02. The van der Waals surface area contributed by atoms with Crippen molar-refractivity contribution in [2.75, 3.05) is 26.2 Å². The summed E-state index contributed by atoms with van der Waals surface area (Å²) in [6.45, 7) is 5.15. The zero-order valence-corrected chi connectivity index (χ0v) is 20.9. The Labute approximate surface area is 208 Å². The molecule has 1 aliphatic carbocycles. The summed E-state index contributed by atoms with van der Waals surface area (Å²) in [5, 5.41) is 3.60. The van der Waals surface area contributed by atoms with Crippen molar-refractivity contribution in [1.82, 2.24) is 15.0 Å². The van der Waals surface area contributed by atoms with Crippen LogP contribution in [-0.2, 0) is 23.0 Å². The van der Waals surface area contributed by atoms with Crippen molar-refractivity contribution in [2.45, 2.75) is 57.0 Å². The summed E-state index contributed by atoms with van der Waals surface area (Å²) >= 11 is 0. The Kier molecular flexibility index (Phi) is 7.93. The molecule has 1 aromatic carbocycles. The van der Waals surface area contributed by atoms with Gasteiger partial charge in [0.25, 0.3) is 5.91 Å². The summed E-state index contributed by atoms with van der Waals surface area (Å²) < 4.78 is 70.3. The summed E-state index contributed by atoms with van der Waals surface area (Å²) in [6, 6.07) is 6.11. The molecule has 0 bridgehead atoms. The summed E-state index contributed by atoms with van der Waals surface area (Å²) in [5.74, 6) is 0.194. The second kappa shape index (κ2) is 10.8. The van der Waals surface area contributed by atoms with Gasteiger partial charge in [-0.25, -0.2) is 0 Å². The van der Waals surface area contributed by atoms with E-state index in [9.17, 15) is 26.4 Å². The van der Waals surface area contributed by atoms with Crippen molar-refractivity contribution in [3.63, 3.8) is 0 Å². The molecule has 2 heterocycles. The zero-order valence-electron chi connectivity index (χ0n) is 20.0. The van der Waals surface area contributed by atoms with Gasteiger partial charge in [0.15, 0.2) is 0 Å². The third-order valence-electron chi connectivity index (χ3n) is 6.94. The average Bonchev–Trinajstić information content (AvgIpc) is 3.37. The number of hydrogen-bond acceptors (Lipinski definition) is 7. The summed E-state index contributed by atoms with van der Waals surface area (Å²) in [7, 11) is -5.71. The van der Waals surface area contributed by atoms with E-state index < -0.39 is 15.6 Å². The molecule has 12 heteroatoms. The molecular formula is C24H30F3N3O5S. The normalized spacial score (nSPS) is 19.4. The Bertz CT molecular complexity index is 1150. The smallest absolute Gasteiger partial charge is 0.376 e. The number of hydrogen-bond donors (Lipinski definition) is 0. The van der Waals surface area contributed by atoms with Gasteiger partial charge in [-0.1, -0.05) is 18.1 Å². The maximum atomic E-state index is 12.7. The van der Waals surface area contributed by atoms with E-state index in [2.05, 4.69) is 21.2 Å². The van der Waals surface area contributed by atoms with Gasteiger partial charge in [-0.3, -0.25) is 9.69 Å². The number of likely N-dealkylation sites (tertiary alicyclic amines) is 1. The number of aromatic nitrogens is 1. The van der Waals surface area contributed by atoms with Crippen LogP contribution < -0.4 is 4.18 Å². The molecule has 0 spiro atoms. The number of carbonyl (C=O) groups excluding carboxylic acids is 1. The summed E-state index contributed by atoms with van der Waals surface area (Å²) in [6.07, 6.45) is 6.44. The SMILES string of the molecule is CCCN(CC1CCN(C(=O)c2ccno2)CC1)C1CCc2ccc(OS(=O)(=O)C(F)(F)F)cc2C1. The van der Waals surface area contributed by atoms with Crippen LogP contribution in [0, 0.1) is 5.92 Å². The highest BCUT2D eigenvalue weighted by Crippen LogP contribution is 2.32. The molecule has 0 radical (unpaired) electrons. The van der Waals surface area contributed by atoms with Crippen LogP contribution in [0.4, 0.5) is 13.2 Å². The molecule has 0 saturated carbocycles. The molecule has 1 atom stereocenters. The van der Waals surface area contributed by atoms with E-state index in [1.54, 1.807) is 17.0 Å². The van der Waals surface area contributed by atoms with Crippen LogP contribution >= 0.6 is 0 Å². The van der Waals surface area contributed by atoms with Gasteiger partial charge in [0, 0.05) is 31.7 Å². The Morgan fingerprint density at radius 2 is 1.94 bits per heavy atom. The number of nitrogens with zero attached hydrogens (tertiary/aromatic N) is 3. The lowest BCUT2D eigenvalue weighted by atomic mass is 9.86. The van der Waals surface area contributed by atoms with Crippen molar-refractivity contribution in [3.05, 3.63) is 47.3 Å². The number of piperidine rings is 1. The highest BCUT2D eigenvalue weighted by atomic mass is 32.2. The van der Waals surface area contributed by atoms with Crippen LogP contribution in [-0.4, -0.2) is 67.0 Å². The van der Waals surface area contributed by atoms with Gasteiger partial charge in [0.2, 0.25) is 5.76 Å². The summed E-state index contributed by atoms with van der Waals surface area (Å²) in [4.78, 5) is 16.7. The number of rotatable bonds is 8. The number of halogens is 3. The number of fused-ring (bicyclic) bond motifs is 1. The van der Waals surface area contributed by atoms with E-state index in [0.29, 0.717) is 25.4 Å². The fourth-order valence-corrected chi connectivity index (χ4v) is 5.55. The lowest BCUT2D eigenvalue weighted by Crippen LogP contribution is -2.46. The topological polar surface area (TPSA) is 92.9 Å². The minimum atomic E-state index is -5.71. The number of carbonyl (C=O) groups is 1. The van der Waals surface area contributed by atoms with Crippen LogP contribution in [0.25, 0.3) is 0 Å². The van der Waals surface area contributed by atoms with Crippen LogP contribution in [0.5, 0.6) is 5.75 Å². The molecule has 2 aliphatic rings.